The highest BCUT2D eigenvalue weighted by Gasteiger charge is 2.32. The first-order valence-corrected chi connectivity index (χ1v) is 6.47. The van der Waals surface area contributed by atoms with Crippen LogP contribution < -0.4 is 5.32 Å². The predicted molar refractivity (Wildman–Crippen MR) is 69.7 cm³/mol. The lowest BCUT2D eigenvalue weighted by molar-refractivity contribution is 0.457. The highest BCUT2D eigenvalue weighted by atomic mass is 35.5. The number of nitrogens with zero attached hydrogens (tertiary/aromatic N) is 1. The Morgan fingerprint density at radius 1 is 1.41 bits per heavy atom. The first kappa shape index (κ1) is 12.4. The molecular weight excluding hydrogens is 232 g/mol. The molecule has 1 saturated carbocycles. The van der Waals surface area contributed by atoms with E-state index in [1.807, 2.05) is 19.1 Å². The van der Waals surface area contributed by atoms with Crippen LogP contribution in [-0.2, 0) is 0 Å². The lowest BCUT2D eigenvalue weighted by Gasteiger charge is -2.19. The van der Waals surface area contributed by atoms with Crippen LogP contribution in [0.15, 0.2) is 24.3 Å². The van der Waals surface area contributed by atoms with Gasteiger partial charge >= 0.3 is 0 Å². The van der Waals surface area contributed by atoms with E-state index < -0.39 is 0 Å². The van der Waals surface area contributed by atoms with Crippen molar-refractivity contribution in [2.45, 2.75) is 25.8 Å². The fraction of sp³-hybridized carbons (Fsp3) is 0.500. The van der Waals surface area contributed by atoms with Gasteiger partial charge in [0, 0.05) is 17.6 Å². The molecule has 2 rings (SSSR count). The van der Waals surface area contributed by atoms with Crippen LogP contribution in [-0.4, -0.2) is 6.54 Å². The van der Waals surface area contributed by atoms with Gasteiger partial charge in [0.15, 0.2) is 0 Å². The van der Waals surface area contributed by atoms with Crippen molar-refractivity contribution in [3.63, 3.8) is 0 Å². The summed E-state index contributed by atoms with van der Waals surface area (Å²) in [7, 11) is 0. The molecule has 90 valence electrons. The highest BCUT2D eigenvalue weighted by Crippen LogP contribution is 2.41. The zero-order valence-corrected chi connectivity index (χ0v) is 10.7. The van der Waals surface area contributed by atoms with Crippen molar-refractivity contribution >= 4 is 11.6 Å². The molecule has 1 aromatic rings. The zero-order chi connectivity index (χ0) is 12.3. The van der Waals surface area contributed by atoms with Gasteiger partial charge in [0.05, 0.1) is 12.0 Å². The summed E-state index contributed by atoms with van der Waals surface area (Å²) in [5.41, 5.74) is 1.28. The van der Waals surface area contributed by atoms with Gasteiger partial charge in [-0.2, -0.15) is 5.26 Å². The first-order valence-electron chi connectivity index (χ1n) is 6.09. The Bertz CT molecular complexity index is 403. The van der Waals surface area contributed by atoms with Crippen LogP contribution in [0.25, 0.3) is 0 Å². The van der Waals surface area contributed by atoms with Crippen molar-refractivity contribution in [2.24, 2.45) is 11.8 Å². The SMILES string of the molecule is CC(C#N)CNC(c1ccc(Cl)cc1)C1CC1. The summed E-state index contributed by atoms with van der Waals surface area (Å²) in [5, 5.41) is 13.1. The van der Waals surface area contributed by atoms with E-state index in [1.54, 1.807) is 0 Å². The molecule has 1 aromatic carbocycles. The van der Waals surface area contributed by atoms with Crippen LogP contribution >= 0.6 is 11.6 Å². The van der Waals surface area contributed by atoms with Crippen LogP contribution in [0.1, 0.15) is 31.4 Å². The summed E-state index contributed by atoms with van der Waals surface area (Å²) < 4.78 is 0. The van der Waals surface area contributed by atoms with Crippen LogP contribution in [0.2, 0.25) is 5.02 Å². The van der Waals surface area contributed by atoms with Crippen molar-refractivity contribution in [2.75, 3.05) is 6.54 Å². The average Bonchev–Trinajstić information content (AvgIpc) is 3.15. The Morgan fingerprint density at radius 2 is 2.06 bits per heavy atom. The molecule has 0 heterocycles. The molecule has 0 aliphatic heterocycles. The smallest absolute Gasteiger partial charge is 0.0666 e. The van der Waals surface area contributed by atoms with E-state index in [4.69, 9.17) is 16.9 Å². The molecule has 0 aromatic heterocycles. The quantitative estimate of drug-likeness (QED) is 0.865. The monoisotopic (exact) mass is 248 g/mol. The van der Waals surface area contributed by atoms with E-state index >= 15 is 0 Å². The standard InChI is InChI=1S/C14H17ClN2/c1-10(8-16)9-17-14(11-2-3-11)12-4-6-13(15)7-5-12/h4-7,10-11,14,17H,2-3,9H2,1H3. The molecule has 1 N–H and O–H groups in total. The summed E-state index contributed by atoms with van der Waals surface area (Å²) in [5.74, 6) is 0.783. The number of benzene rings is 1. The van der Waals surface area contributed by atoms with Crippen LogP contribution in [0.4, 0.5) is 0 Å². The molecule has 2 unspecified atom stereocenters. The molecule has 17 heavy (non-hydrogen) atoms. The van der Waals surface area contributed by atoms with Gasteiger partial charge < -0.3 is 5.32 Å². The Kier molecular flexibility index (Phi) is 4.04. The second-order valence-corrected chi connectivity index (χ2v) is 5.24. The summed E-state index contributed by atoms with van der Waals surface area (Å²) in [6.07, 6.45) is 2.56. The van der Waals surface area contributed by atoms with E-state index in [1.165, 1.54) is 18.4 Å². The molecule has 3 heteroatoms. The van der Waals surface area contributed by atoms with Gasteiger partial charge in [0.25, 0.3) is 0 Å². The largest absolute Gasteiger partial charge is 0.308 e. The molecule has 0 bridgehead atoms. The number of halogens is 1. The number of hydrogen-bond acceptors (Lipinski definition) is 2. The lowest BCUT2D eigenvalue weighted by atomic mass is 10.0. The molecule has 1 aliphatic carbocycles. The maximum atomic E-state index is 8.80. The molecule has 2 nitrogen and oxygen atoms in total. The van der Waals surface area contributed by atoms with Crippen LogP contribution in [0.3, 0.4) is 0 Å². The zero-order valence-electron chi connectivity index (χ0n) is 9.99. The Labute approximate surface area is 108 Å². The minimum absolute atomic E-state index is 0.0588. The number of rotatable bonds is 5. The van der Waals surface area contributed by atoms with Gasteiger partial charge in [0.2, 0.25) is 0 Å². The fourth-order valence-electron chi connectivity index (χ4n) is 2.01. The Morgan fingerprint density at radius 3 is 2.59 bits per heavy atom. The summed E-state index contributed by atoms with van der Waals surface area (Å²) >= 11 is 5.90. The molecule has 2 atom stereocenters. The van der Waals surface area contributed by atoms with E-state index in [-0.39, 0.29) is 5.92 Å². The summed E-state index contributed by atoms with van der Waals surface area (Å²) in [4.78, 5) is 0. The average molecular weight is 249 g/mol. The highest BCUT2D eigenvalue weighted by molar-refractivity contribution is 6.30. The summed E-state index contributed by atoms with van der Waals surface area (Å²) in [6.45, 7) is 2.69. The third kappa shape index (κ3) is 3.46. The maximum Gasteiger partial charge on any atom is 0.0666 e. The topological polar surface area (TPSA) is 35.8 Å². The maximum absolute atomic E-state index is 8.80. The minimum atomic E-state index is 0.0588. The van der Waals surface area contributed by atoms with Crippen molar-refractivity contribution < 1.29 is 0 Å². The van der Waals surface area contributed by atoms with Gasteiger partial charge in [-0.15, -0.1) is 0 Å². The lowest BCUT2D eigenvalue weighted by Crippen LogP contribution is -2.27. The number of nitriles is 1. The molecule has 0 radical (unpaired) electrons. The first-order chi connectivity index (χ1) is 8.20. The van der Waals surface area contributed by atoms with Gasteiger partial charge in [0.1, 0.15) is 0 Å². The van der Waals surface area contributed by atoms with E-state index in [0.717, 1.165) is 17.5 Å². The van der Waals surface area contributed by atoms with E-state index in [9.17, 15) is 0 Å². The van der Waals surface area contributed by atoms with Crippen molar-refractivity contribution in [3.05, 3.63) is 34.9 Å². The number of nitrogens with one attached hydrogen (secondary N) is 1. The molecular formula is C14H17ClN2. The second-order valence-electron chi connectivity index (χ2n) is 4.81. The number of hydrogen-bond donors (Lipinski definition) is 1. The minimum Gasteiger partial charge on any atom is -0.308 e. The van der Waals surface area contributed by atoms with E-state index in [2.05, 4.69) is 23.5 Å². The molecule has 1 aliphatic rings. The molecule has 0 saturated heterocycles. The summed E-state index contributed by atoms with van der Waals surface area (Å²) in [6, 6.07) is 10.7. The van der Waals surface area contributed by atoms with Gasteiger partial charge in [-0.1, -0.05) is 23.7 Å². The normalized spacial score (nSPS) is 18.4. The fourth-order valence-corrected chi connectivity index (χ4v) is 2.13. The Hall–Kier alpha value is -1.04. The van der Waals surface area contributed by atoms with Gasteiger partial charge in [-0.3, -0.25) is 0 Å². The van der Waals surface area contributed by atoms with Crippen molar-refractivity contribution in [1.82, 2.24) is 5.32 Å². The second kappa shape index (κ2) is 5.53. The molecule has 1 fully saturated rings. The van der Waals surface area contributed by atoms with Crippen LogP contribution in [0, 0.1) is 23.2 Å². The van der Waals surface area contributed by atoms with E-state index in [0.29, 0.717) is 6.04 Å². The van der Waals surface area contributed by atoms with Gasteiger partial charge in [-0.05, 0) is 43.4 Å². The molecule has 0 amide bonds. The predicted octanol–water partition coefficient (Wildman–Crippen LogP) is 3.54. The third-order valence-corrected chi connectivity index (χ3v) is 3.44. The van der Waals surface area contributed by atoms with Gasteiger partial charge in [-0.25, -0.2) is 0 Å². The third-order valence-electron chi connectivity index (χ3n) is 3.19. The van der Waals surface area contributed by atoms with Crippen molar-refractivity contribution in [3.8, 4) is 6.07 Å². The van der Waals surface area contributed by atoms with Crippen molar-refractivity contribution in [1.29, 1.82) is 5.26 Å². The van der Waals surface area contributed by atoms with Crippen LogP contribution in [0.5, 0.6) is 0 Å². The molecule has 0 spiro atoms. The Balaban J connectivity index is 2.02.